The van der Waals surface area contributed by atoms with Crippen LogP contribution >= 0.6 is 11.8 Å². The van der Waals surface area contributed by atoms with Crippen molar-refractivity contribution in [2.75, 3.05) is 19.0 Å². The molecule has 0 saturated carbocycles. The summed E-state index contributed by atoms with van der Waals surface area (Å²) in [6.45, 7) is 2.96. The lowest BCUT2D eigenvalue weighted by Gasteiger charge is -2.10. The fraction of sp³-hybridized carbons (Fsp3) is 0.500. The van der Waals surface area contributed by atoms with Gasteiger partial charge >= 0.3 is 5.97 Å². The smallest absolute Gasteiger partial charge is 0.335 e. The van der Waals surface area contributed by atoms with Crippen molar-refractivity contribution in [3.63, 3.8) is 0 Å². The first kappa shape index (κ1) is 15.9. The molecule has 1 rings (SSSR count). The fourth-order valence-corrected chi connectivity index (χ4v) is 2.45. The lowest BCUT2D eigenvalue weighted by atomic mass is 10.2. The topological polar surface area (TPSA) is 66.8 Å². The van der Waals surface area contributed by atoms with Crippen LogP contribution in [0.2, 0.25) is 0 Å². The molecule has 0 radical (unpaired) electrons. The molecule has 0 aliphatic heterocycles. The number of ether oxygens (including phenoxy) is 1. The molecule has 1 atom stereocenters. The Hall–Kier alpha value is -1.20. The monoisotopic (exact) mass is 284 g/mol. The third-order valence-electron chi connectivity index (χ3n) is 2.60. The Morgan fingerprint density at radius 3 is 2.63 bits per heavy atom. The van der Waals surface area contributed by atoms with E-state index < -0.39 is 5.97 Å². The highest BCUT2D eigenvalue weighted by molar-refractivity contribution is 7.99. The number of hydrogen-bond donors (Lipinski definition) is 2. The van der Waals surface area contributed by atoms with Gasteiger partial charge in [-0.05, 0) is 42.9 Å². The van der Waals surface area contributed by atoms with Gasteiger partial charge in [-0.1, -0.05) is 6.92 Å². The van der Waals surface area contributed by atoms with Gasteiger partial charge in [0.25, 0.3) is 0 Å². The maximum absolute atomic E-state index is 10.7. The molecule has 1 unspecified atom stereocenters. The molecule has 2 N–H and O–H groups in total. The molecule has 4 nitrogen and oxygen atoms in total. The third kappa shape index (κ3) is 6.50. The molecule has 0 bridgehead atoms. The molecule has 0 saturated heterocycles. The summed E-state index contributed by atoms with van der Waals surface area (Å²) in [7, 11) is 0. The van der Waals surface area contributed by atoms with Gasteiger partial charge in [0.05, 0.1) is 12.2 Å². The molecular weight excluding hydrogens is 264 g/mol. The first-order valence-corrected chi connectivity index (χ1v) is 7.37. The van der Waals surface area contributed by atoms with Crippen LogP contribution in [0.25, 0.3) is 0 Å². The Morgan fingerprint density at radius 2 is 2.05 bits per heavy atom. The average Bonchev–Trinajstić information content (AvgIpc) is 2.39. The molecule has 106 valence electrons. The van der Waals surface area contributed by atoms with Crippen molar-refractivity contribution in [1.82, 2.24) is 0 Å². The van der Waals surface area contributed by atoms with Gasteiger partial charge in [0.2, 0.25) is 0 Å². The number of aromatic carboxylic acids is 1. The normalized spacial score (nSPS) is 12.1. The first-order chi connectivity index (χ1) is 9.13. The Morgan fingerprint density at radius 1 is 1.37 bits per heavy atom. The Kier molecular flexibility index (Phi) is 7.36. The van der Waals surface area contributed by atoms with E-state index in [1.54, 1.807) is 12.1 Å². The van der Waals surface area contributed by atoms with Crippen LogP contribution < -0.4 is 4.74 Å². The van der Waals surface area contributed by atoms with Crippen molar-refractivity contribution in [2.24, 2.45) is 0 Å². The molecule has 0 spiro atoms. The van der Waals surface area contributed by atoms with E-state index in [0.29, 0.717) is 17.6 Å². The minimum atomic E-state index is -0.930. The standard InChI is InChI=1S/C14H20O4S/c1-11(7-8-15)19-10-2-9-18-13-5-3-12(4-6-13)14(16)17/h3-6,11,15H,2,7-10H2,1H3,(H,16,17). The predicted octanol–water partition coefficient (Wildman–Crippen LogP) is 2.66. The van der Waals surface area contributed by atoms with Crippen molar-refractivity contribution in [3.8, 4) is 5.75 Å². The highest BCUT2D eigenvalue weighted by Crippen LogP contribution is 2.16. The lowest BCUT2D eigenvalue weighted by Crippen LogP contribution is -2.04. The van der Waals surface area contributed by atoms with E-state index in [1.165, 1.54) is 12.1 Å². The highest BCUT2D eigenvalue weighted by atomic mass is 32.2. The number of carboxylic acids is 1. The number of carboxylic acid groups (broad SMARTS) is 1. The van der Waals surface area contributed by atoms with E-state index in [4.69, 9.17) is 14.9 Å². The van der Waals surface area contributed by atoms with E-state index in [9.17, 15) is 4.79 Å². The predicted molar refractivity (Wildman–Crippen MR) is 77.1 cm³/mol. The maximum atomic E-state index is 10.7. The largest absolute Gasteiger partial charge is 0.494 e. The zero-order chi connectivity index (χ0) is 14.1. The molecule has 0 heterocycles. The Labute approximate surface area is 117 Å². The van der Waals surface area contributed by atoms with Gasteiger partial charge in [-0.3, -0.25) is 0 Å². The Bertz CT molecular complexity index is 378. The van der Waals surface area contributed by atoms with E-state index in [0.717, 1.165) is 18.6 Å². The van der Waals surface area contributed by atoms with E-state index >= 15 is 0 Å². The minimum Gasteiger partial charge on any atom is -0.494 e. The second kappa shape index (κ2) is 8.82. The van der Waals surface area contributed by atoms with Gasteiger partial charge in [-0.25, -0.2) is 4.79 Å². The summed E-state index contributed by atoms with van der Waals surface area (Å²) in [5.41, 5.74) is 0.265. The zero-order valence-corrected chi connectivity index (χ0v) is 11.9. The van der Waals surface area contributed by atoms with E-state index in [-0.39, 0.29) is 12.2 Å². The number of aliphatic hydroxyl groups excluding tert-OH is 1. The van der Waals surface area contributed by atoms with Crippen molar-refractivity contribution in [1.29, 1.82) is 0 Å². The third-order valence-corrected chi connectivity index (χ3v) is 3.93. The van der Waals surface area contributed by atoms with Crippen molar-refractivity contribution < 1.29 is 19.7 Å². The van der Waals surface area contributed by atoms with Crippen LogP contribution in [0.1, 0.15) is 30.1 Å². The van der Waals surface area contributed by atoms with Gasteiger partial charge in [0, 0.05) is 11.9 Å². The van der Waals surface area contributed by atoms with E-state index in [1.807, 2.05) is 11.8 Å². The summed E-state index contributed by atoms with van der Waals surface area (Å²) in [5.74, 6) is 0.758. The number of aliphatic hydroxyl groups is 1. The van der Waals surface area contributed by atoms with Crippen LogP contribution in [-0.4, -0.2) is 40.4 Å². The second-order valence-corrected chi connectivity index (χ2v) is 5.77. The van der Waals surface area contributed by atoms with Crippen LogP contribution in [0.5, 0.6) is 5.75 Å². The number of benzene rings is 1. The molecule has 19 heavy (non-hydrogen) atoms. The average molecular weight is 284 g/mol. The molecule has 0 aliphatic carbocycles. The van der Waals surface area contributed by atoms with Crippen LogP contribution in [0.3, 0.4) is 0 Å². The van der Waals surface area contributed by atoms with Crippen molar-refractivity contribution >= 4 is 17.7 Å². The molecule has 1 aromatic carbocycles. The van der Waals surface area contributed by atoms with Gasteiger partial charge in [-0.2, -0.15) is 11.8 Å². The number of carbonyl (C=O) groups is 1. The van der Waals surface area contributed by atoms with Crippen LogP contribution in [0.4, 0.5) is 0 Å². The highest BCUT2D eigenvalue weighted by Gasteiger charge is 2.03. The van der Waals surface area contributed by atoms with Crippen molar-refractivity contribution in [3.05, 3.63) is 29.8 Å². The summed E-state index contributed by atoms with van der Waals surface area (Å²) < 4.78 is 5.53. The number of thioether (sulfide) groups is 1. The fourth-order valence-electron chi connectivity index (χ4n) is 1.49. The first-order valence-electron chi connectivity index (χ1n) is 6.32. The summed E-state index contributed by atoms with van der Waals surface area (Å²) in [6, 6.07) is 6.42. The summed E-state index contributed by atoms with van der Waals surface area (Å²) >= 11 is 1.82. The molecular formula is C14H20O4S. The summed E-state index contributed by atoms with van der Waals surface area (Å²) in [5, 5.41) is 18.0. The van der Waals surface area contributed by atoms with Crippen LogP contribution in [0, 0.1) is 0 Å². The van der Waals surface area contributed by atoms with E-state index in [2.05, 4.69) is 6.92 Å². The molecule has 1 aromatic rings. The molecule has 0 aliphatic rings. The van der Waals surface area contributed by atoms with Gasteiger partial charge in [-0.15, -0.1) is 0 Å². The zero-order valence-electron chi connectivity index (χ0n) is 11.0. The molecule has 0 aromatic heterocycles. The van der Waals surface area contributed by atoms with Crippen LogP contribution in [-0.2, 0) is 0 Å². The number of hydrogen-bond acceptors (Lipinski definition) is 4. The van der Waals surface area contributed by atoms with Gasteiger partial charge in [0.15, 0.2) is 0 Å². The molecule has 0 fully saturated rings. The summed E-state index contributed by atoms with van der Waals surface area (Å²) in [6.07, 6.45) is 1.75. The van der Waals surface area contributed by atoms with Crippen molar-refractivity contribution in [2.45, 2.75) is 25.0 Å². The van der Waals surface area contributed by atoms with Gasteiger partial charge < -0.3 is 14.9 Å². The number of rotatable bonds is 9. The molecule has 0 amide bonds. The lowest BCUT2D eigenvalue weighted by molar-refractivity contribution is 0.0697. The van der Waals surface area contributed by atoms with Gasteiger partial charge in [0.1, 0.15) is 5.75 Å². The maximum Gasteiger partial charge on any atom is 0.335 e. The molecule has 5 heteroatoms. The quantitative estimate of drug-likeness (QED) is 0.682. The Balaban J connectivity index is 2.17. The minimum absolute atomic E-state index is 0.237. The second-order valence-electron chi connectivity index (χ2n) is 4.23. The van der Waals surface area contributed by atoms with Crippen LogP contribution in [0.15, 0.2) is 24.3 Å². The SMILES string of the molecule is CC(CCO)SCCCOc1ccc(C(=O)O)cc1. The summed E-state index contributed by atoms with van der Waals surface area (Å²) in [4.78, 5) is 10.7.